The highest BCUT2D eigenvalue weighted by molar-refractivity contribution is 5.94. The maximum Gasteiger partial charge on any atom is 0.164 e. The Hall–Kier alpha value is -6.70. The van der Waals surface area contributed by atoms with E-state index in [1.54, 1.807) is 0 Å². The van der Waals surface area contributed by atoms with Crippen molar-refractivity contribution in [2.45, 2.75) is 49.9 Å². The number of nitrogens with zero attached hydrogens (tertiary/aromatic N) is 4. The molecule has 268 valence electrons. The van der Waals surface area contributed by atoms with Crippen molar-refractivity contribution in [2.24, 2.45) is 0 Å². The first-order valence-corrected chi connectivity index (χ1v) is 19.8. The lowest BCUT2D eigenvalue weighted by atomic mass is 9.67. The molecule has 0 amide bonds. The molecule has 56 heavy (non-hydrogen) atoms. The van der Waals surface area contributed by atoms with Crippen LogP contribution in [0.15, 0.2) is 164 Å². The maximum absolute atomic E-state index is 9.85. The zero-order valence-corrected chi connectivity index (χ0v) is 31.2. The van der Waals surface area contributed by atoms with E-state index < -0.39 is 0 Å². The van der Waals surface area contributed by atoms with Crippen LogP contribution in [-0.4, -0.2) is 15.0 Å². The first-order chi connectivity index (χ1) is 27.7. The number of hydrogen-bond donors (Lipinski definition) is 0. The normalized spacial score (nSPS) is 16.3. The molecule has 1 aromatic heterocycles. The predicted molar refractivity (Wildman–Crippen MR) is 227 cm³/mol. The fraction of sp³-hybridized carbons (Fsp3) is 0.154. The molecule has 7 aromatic rings. The Morgan fingerprint density at radius 2 is 1.16 bits per heavy atom. The van der Waals surface area contributed by atoms with Crippen molar-refractivity contribution >= 4 is 0 Å². The Balaban J connectivity index is 1.04. The topological polar surface area (TPSA) is 62.5 Å². The number of aromatic nitrogens is 3. The van der Waals surface area contributed by atoms with Crippen LogP contribution in [0.5, 0.6) is 0 Å². The minimum absolute atomic E-state index is 0.0217. The summed E-state index contributed by atoms with van der Waals surface area (Å²) in [7, 11) is 0. The van der Waals surface area contributed by atoms with Crippen LogP contribution in [0.1, 0.15) is 66.7 Å². The van der Waals surface area contributed by atoms with E-state index in [9.17, 15) is 5.26 Å². The molecular weight excluding hydrogens is 681 g/mol. The molecule has 1 saturated carbocycles. The van der Waals surface area contributed by atoms with Gasteiger partial charge in [0, 0.05) is 28.0 Å². The van der Waals surface area contributed by atoms with E-state index in [-0.39, 0.29) is 5.41 Å². The molecule has 0 saturated heterocycles. The number of allylic oxidation sites excluding steroid dienone is 4. The van der Waals surface area contributed by atoms with Gasteiger partial charge in [-0.05, 0) is 93.6 Å². The van der Waals surface area contributed by atoms with Gasteiger partial charge in [0.1, 0.15) is 0 Å². The van der Waals surface area contributed by atoms with E-state index in [0.717, 1.165) is 52.6 Å². The average molecular weight is 721 g/mol. The molecule has 1 heterocycles. The molecule has 0 N–H and O–H groups in total. The zero-order valence-electron chi connectivity index (χ0n) is 31.2. The van der Waals surface area contributed by atoms with E-state index in [1.165, 1.54) is 58.2 Å². The Morgan fingerprint density at radius 3 is 1.88 bits per heavy atom. The largest absolute Gasteiger partial charge is 0.208 e. The Bertz CT molecular complexity index is 2710. The summed E-state index contributed by atoms with van der Waals surface area (Å²) in [6.45, 7) is 0. The summed E-state index contributed by atoms with van der Waals surface area (Å²) in [6, 6.07) is 51.9. The molecular formula is C52H40N4. The van der Waals surface area contributed by atoms with Crippen LogP contribution in [0.4, 0.5) is 0 Å². The molecule has 10 rings (SSSR count). The van der Waals surface area contributed by atoms with Gasteiger partial charge in [-0.15, -0.1) is 0 Å². The zero-order chi connectivity index (χ0) is 37.5. The third-order valence-corrected chi connectivity index (χ3v) is 12.1. The lowest BCUT2D eigenvalue weighted by Gasteiger charge is -2.36. The second kappa shape index (κ2) is 14.2. The van der Waals surface area contributed by atoms with E-state index >= 15 is 0 Å². The first-order valence-electron chi connectivity index (χ1n) is 19.8. The van der Waals surface area contributed by atoms with Crippen molar-refractivity contribution < 1.29 is 0 Å². The van der Waals surface area contributed by atoms with E-state index in [0.29, 0.717) is 23.4 Å². The third-order valence-electron chi connectivity index (χ3n) is 12.1. The number of nitriles is 1. The monoisotopic (exact) mass is 720 g/mol. The summed E-state index contributed by atoms with van der Waals surface area (Å²) in [5.41, 5.74) is 14.9. The summed E-state index contributed by atoms with van der Waals surface area (Å²) in [5.74, 6) is 2.33. The van der Waals surface area contributed by atoms with Gasteiger partial charge < -0.3 is 0 Å². The Kier molecular flexibility index (Phi) is 8.57. The minimum atomic E-state index is -0.0217. The van der Waals surface area contributed by atoms with Crippen LogP contribution in [-0.2, 0) is 5.41 Å². The van der Waals surface area contributed by atoms with Crippen molar-refractivity contribution in [3.8, 4) is 73.6 Å². The van der Waals surface area contributed by atoms with Crippen LogP contribution in [0.25, 0.3) is 67.5 Å². The molecule has 3 aliphatic rings. The van der Waals surface area contributed by atoms with Gasteiger partial charge in [-0.2, -0.15) is 5.26 Å². The fourth-order valence-corrected chi connectivity index (χ4v) is 9.31. The number of hydrogen-bond acceptors (Lipinski definition) is 4. The molecule has 1 unspecified atom stereocenters. The van der Waals surface area contributed by atoms with Crippen LogP contribution < -0.4 is 0 Å². The quantitative estimate of drug-likeness (QED) is 0.172. The van der Waals surface area contributed by atoms with Crippen molar-refractivity contribution in [3.63, 3.8) is 0 Å². The van der Waals surface area contributed by atoms with Crippen LogP contribution >= 0.6 is 0 Å². The first kappa shape index (κ1) is 33.8. The smallest absolute Gasteiger partial charge is 0.164 e. The second-order valence-electron chi connectivity index (χ2n) is 15.4. The SMILES string of the molecule is N#Cc1ccc2c(c1)C1(CCCCC1)c1cccc(-c3cccc(-c4cccc(-c5nc(-c6ccccc6)nc(-c6ccc(C7C=CC=CC7)cc6)n5)c4)c3)c1-2. The molecule has 6 aromatic carbocycles. The second-order valence-corrected chi connectivity index (χ2v) is 15.4. The highest BCUT2D eigenvalue weighted by Gasteiger charge is 2.44. The van der Waals surface area contributed by atoms with Gasteiger partial charge in [0.05, 0.1) is 11.6 Å². The van der Waals surface area contributed by atoms with Crippen LogP contribution in [0.3, 0.4) is 0 Å². The maximum atomic E-state index is 9.85. The number of fused-ring (bicyclic) bond motifs is 5. The molecule has 0 radical (unpaired) electrons. The minimum Gasteiger partial charge on any atom is -0.208 e. The van der Waals surface area contributed by atoms with E-state index in [1.807, 2.05) is 36.4 Å². The Labute approximate surface area is 328 Å². The third kappa shape index (κ3) is 5.97. The highest BCUT2D eigenvalue weighted by atomic mass is 15.0. The van der Waals surface area contributed by atoms with Gasteiger partial charge >= 0.3 is 0 Å². The predicted octanol–water partition coefficient (Wildman–Crippen LogP) is 12.9. The molecule has 1 atom stereocenters. The van der Waals surface area contributed by atoms with Gasteiger partial charge in [-0.25, -0.2) is 15.0 Å². The van der Waals surface area contributed by atoms with Crippen LogP contribution in [0.2, 0.25) is 0 Å². The molecule has 4 nitrogen and oxygen atoms in total. The summed E-state index contributed by atoms with van der Waals surface area (Å²) < 4.78 is 0. The lowest BCUT2D eigenvalue weighted by molar-refractivity contribution is 0.353. The molecule has 1 fully saturated rings. The van der Waals surface area contributed by atoms with Gasteiger partial charge in [0.15, 0.2) is 17.5 Å². The van der Waals surface area contributed by atoms with Gasteiger partial charge in [0.25, 0.3) is 0 Å². The molecule has 3 aliphatic carbocycles. The molecule has 0 aliphatic heterocycles. The van der Waals surface area contributed by atoms with Crippen molar-refractivity contribution in [2.75, 3.05) is 0 Å². The van der Waals surface area contributed by atoms with E-state index in [2.05, 4.69) is 134 Å². The summed E-state index contributed by atoms with van der Waals surface area (Å²) >= 11 is 0. The number of benzene rings is 6. The number of rotatable bonds is 6. The summed E-state index contributed by atoms with van der Waals surface area (Å²) in [5, 5.41) is 9.85. The van der Waals surface area contributed by atoms with Crippen molar-refractivity contribution in [3.05, 3.63) is 186 Å². The standard InChI is InChI=1S/C52H40N4/c53-34-35-23-28-45-47(31-35)52(29-8-3-9-30-52)46-22-12-21-44(48(45)46)42-19-10-17-40(32-42)41-18-11-20-43(33-41)51-55-49(38-15-6-2-7-16-38)54-50(56-51)39-26-24-37(25-27-39)36-13-4-1-5-14-36/h1-2,4-7,10-13,15-28,31-33,36H,3,8-9,14,29-30H2. The molecule has 1 spiro atoms. The van der Waals surface area contributed by atoms with Crippen molar-refractivity contribution in [1.82, 2.24) is 15.0 Å². The van der Waals surface area contributed by atoms with E-state index in [4.69, 9.17) is 15.0 Å². The van der Waals surface area contributed by atoms with Gasteiger partial charge in [-0.3, -0.25) is 0 Å². The molecule has 0 bridgehead atoms. The van der Waals surface area contributed by atoms with Crippen molar-refractivity contribution in [1.29, 1.82) is 5.26 Å². The highest BCUT2D eigenvalue weighted by Crippen LogP contribution is 2.58. The lowest BCUT2D eigenvalue weighted by Crippen LogP contribution is -2.28. The Morgan fingerprint density at radius 1 is 0.518 bits per heavy atom. The summed E-state index contributed by atoms with van der Waals surface area (Å²) in [4.78, 5) is 15.1. The summed E-state index contributed by atoms with van der Waals surface area (Å²) in [6.07, 6.45) is 15.7. The fourth-order valence-electron chi connectivity index (χ4n) is 9.31. The average Bonchev–Trinajstić information content (AvgIpc) is 3.55. The van der Waals surface area contributed by atoms with Gasteiger partial charge in [0.2, 0.25) is 0 Å². The molecule has 4 heteroatoms. The van der Waals surface area contributed by atoms with Crippen LogP contribution in [0, 0.1) is 11.3 Å². The van der Waals surface area contributed by atoms with Gasteiger partial charge in [-0.1, -0.05) is 159 Å².